The van der Waals surface area contributed by atoms with Gasteiger partial charge in [0.25, 0.3) is 0 Å². The van der Waals surface area contributed by atoms with E-state index in [9.17, 15) is 14.7 Å². The molecule has 0 bridgehead atoms. The smallest absolute Gasteiger partial charge is 0.339 e. The predicted molar refractivity (Wildman–Crippen MR) is 141 cm³/mol. The quantitative estimate of drug-likeness (QED) is 0.334. The van der Waals surface area contributed by atoms with Crippen LogP contribution >= 0.6 is 0 Å². The minimum Gasteiger partial charge on any atom is -0.496 e. The number of urea groups is 1. The monoisotopic (exact) mass is 488 g/mol. The minimum absolute atomic E-state index is 0.0676. The van der Waals surface area contributed by atoms with Gasteiger partial charge < -0.3 is 25.2 Å². The average Bonchev–Trinajstić information content (AvgIpc) is 2.86. The maximum absolute atomic E-state index is 12.9. The summed E-state index contributed by atoms with van der Waals surface area (Å²) in [6, 6.07) is 17.7. The number of rotatable bonds is 7. The number of aromatic carboxylic acids is 1. The molecule has 1 fully saturated rings. The molecule has 0 saturated heterocycles. The second-order valence-corrected chi connectivity index (χ2v) is 9.30. The fourth-order valence-corrected chi connectivity index (χ4v) is 4.59. The zero-order valence-corrected chi connectivity index (χ0v) is 20.8. The van der Waals surface area contributed by atoms with Crippen LogP contribution in [0.1, 0.15) is 48.5 Å². The lowest BCUT2D eigenvalue weighted by Crippen LogP contribution is -2.29. The van der Waals surface area contributed by atoms with Crippen molar-refractivity contribution in [3.63, 3.8) is 0 Å². The fourth-order valence-electron chi connectivity index (χ4n) is 4.59. The zero-order chi connectivity index (χ0) is 25.7. The largest absolute Gasteiger partial charge is 0.496 e. The zero-order valence-electron chi connectivity index (χ0n) is 20.8. The summed E-state index contributed by atoms with van der Waals surface area (Å²) in [7, 11) is 1.44. The Hall–Kier alpha value is -4.00. The molecule has 7 nitrogen and oxygen atoms in total. The Morgan fingerprint density at radius 3 is 2.33 bits per heavy atom. The molecule has 4 rings (SSSR count). The highest BCUT2D eigenvalue weighted by Crippen LogP contribution is 2.36. The van der Waals surface area contributed by atoms with E-state index in [4.69, 9.17) is 9.47 Å². The van der Waals surface area contributed by atoms with Crippen LogP contribution in [-0.2, 0) is 0 Å². The Bertz CT molecular complexity index is 1260. The minimum atomic E-state index is -1.07. The van der Waals surface area contributed by atoms with Crippen LogP contribution in [0.15, 0.2) is 60.7 Å². The molecule has 7 heteroatoms. The number of carboxylic acid groups (broad SMARTS) is 1. The van der Waals surface area contributed by atoms with Crippen LogP contribution < -0.4 is 20.1 Å². The lowest BCUT2D eigenvalue weighted by molar-refractivity contribution is 0.0693. The number of benzene rings is 3. The highest BCUT2D eigenvalue weighted by molar-refractivity contribution is 6.01. The highest BCUT2D eigenvalue weighted by atomic mass is 16.5. The molecule has 3 N–H and O–H groups in total. The van der Waals surface area contributed by atoms with Crippen LogP contribution in [0.2, 0.25) is 0 Å². The van der Waals surface area contributed by atoms with Crippen molar-refractivity contribution < 1.29 is 24.2 Å². The number of anilines is 2. The van der Waals surface area contributed by atoms with Gasteiger partial charge in [0.05, 0.1) is 12.8 Å². The van der Waals surface area contributed by atoms with E-state index in [1.54, 1.807) is 18.2 Å². The standard InChI is InChI=1S/C29H32N2O5/c1-18-7-6-9-22(15-18)30-29(34)31-24-17-21(20-11-13-26(35-3)23(16-20)28(32)33)12-14-27(24)36-25-10-5-4-8-19(25)2/h6-7,9,11-17,19,25H,4-5,8,10H2,1-3H3,(H,32,33)(H2,30,31,34). The first-order valence-electron chi connectivity index (χ1n) is 12.2. The molecule has 2 atom stereocenters. The number of nitrogens with one attached hydrogen (secondary N) is 2. The Morgan fingerprint density at radius 1 is 0.917 bits per heavy atom. The van der Waals surface area contributed by atoms with Gasteiger partial charge in [-0.15, -0.1) is 0 Å². The van der Waals surface area contributed by atoms with Crippen LogP contribution in [0.25, 0.3) is 11.1 Å². The van der Waals surface area contributed by atoms with Crippen LogP contribution in [0.4, 0.5) is 16.2 Å². The van der Waals surface area contributed by atoms with Gasteiger partial charge in [-0.25, -0.2) is 9.59 Å². The van der Waals surface area contributed by atoms with Crippen LogP contribution in [-0.4, -0.2) is 30.3 Å². The molecule has 1 saturated carbocycles. The summed E-state index contributed by atoms with van der Waals surface area (Å²) in [6.45, 7) is 4.16. The fraction of sp³-hybridized carbons (Fsp3) is 0.310. The number of methoxy groups -OCH3 is 1. The van der Waals surface area contributed by atoms with Crippen molar-refractivity contribution in [3.05, 3.63) is 71.8 Å². The summed E-state index contributed by atoms with van der Waals surface area (Å²) >= 11 is 0. The molecule has 2 unspecified atom stereocenters. The third-order valence-electron chi connectivity index (χ3n) is 6.58. The molecule has 0 radical (unpaired) electrons. The molecular formula is C29H32N2O5. The van der Waals surface area contributed by atoms with Gasteiger partial charge in [-0.2, -0.15) is 0 Å². The van der Waals surface area contributed by atoms with Gasteiger partial charge in [-0.05, 0) is 85.2 Å². The number of hydrogen-bond donors (Lipinski definition) is 3. The van der Waals surface area contributed by atoms with Gasteiger partial charge in [-0.3, -0.25) is 0 Å². The van der Waals surface area contributed by atoms with Gasteiger partial charge in [0, 0.05) is 5.69 Å². The predicted octanol–water partition coefficient (Wildman–Crippen LogP) is 6.97. The van der Waals surface area contributed by atoms with Crippen molar-refractivity contribution in [2.24, 2.45) is 5.92 Å². The second kappa shape index (κ2) is 11.2. The van der Waals surface area contributed by atoms with Gasteiger partial charge in [0.2, 0.25) is 0 Å². The number of amides is 2. The number of ether oxygens (including phenoxy) is 2. The van der Waals surface area contributed by atoms with E-state index in [1.807, 2.05) is 49.4 Å². The molecule has 3 aromatic carbocycles. The highest BCUT2D eigenvalue weighted by Gasteiger charge is 2.24. The summed E-state index contributed by atoms with van der Waals surface area (Å²) in [5.74, 6) is 0.222. The Labute approximate surface area is 211 Å². The van der Waals surface area contributed by atoms with E-state index in [2.05, 4.69) is 17.6 Å². The first-order valence-corrected chi connectivity index (χ1v) is 12.2. The molecule has 0 aliphatic heterocycles. The summed E-state index contributed by atoms with van der Waals surface area (Å²) in [6.07, 6.45) is 4.48. The molecule has 188 valence electrons. The molecule has 2 amide bonds. The average molecular weight is 489 g/mol. The SMILES string of the molecule is COc1ccc(-c2ccc(OC3CCCCC3C)c(NC(=O)Nc3cccc(C)c3)c2)cc1C(=O)O. The van der Waals surface area contributed by atoms with Crippen molar-refractivity contribution in [2.45, 2.75) is 45.6 Å². The molecule has 3 aromatic rings. The third kappa shape index (κ3) is 5.97. The number of aryl methyl sites for hydroxylation is 1. The molecule has 1 aliphatic rings. The van der Waals surface area contributed by atoms with E-state index in [0.29, 0.717) is 28.6 Å². The molecule has 1 aliphatic carbocycles. The molecule has 0 heterocycles. The number of carboxylic acids is 1. The molecule has 36 heavy (non-hydrogen) atoms. The van der Waals surface area contributed by atoms with Crippen LogP contribution in [0, 0.1) is 12.8 Å². The summed E-state index contributed by atoms with van der Waals surface area (Å²) < 4.78 is 11.6. The number of carbonyl (C=O) groups excluding carboxylic acids is 1. The normalized spacial score (nSPS) is 17.2. The van der Waals surface area contributed by atoms with Crippen LogP contribution in [0.3, 0.4) is 0 Å². The Morgan fingerprint density at radius 2 is 1.64 bits per heavy atom. The van der Waals surface area contributed by atoms with Crippen molar-refractivity contribution in [1.29, 1.82) is 0 Å². The van der Waals surface area contributed by atoms with Gasteiger partial charge >= 0.3 is 12.0 Å². The van der Waals surface area contributed by atoms with E-state index in [1.165, 1.54) is 13.5 Å². The lowest BCUT2D eigenvalue weighted by atomic mass is 9.88. The summed E-state index contributed by atoms with van der Waals surface area (Å²) in [4.78, 5) is 24.6. The van der Waals surface area contributed by atoms with Crippen molar-refractivity contribution >= 4 is 23.4 Å². The number of hydrogen-bond acceptors (Lipinski definition) is 4. The molecular weight excluding hydrogens is 456 g/mol. The molecule has 0 aromatic heterocycles. The van der Waals surface area contributed by atoms with Crippen LogP contribution in [0.5, 0.6) is 11.5 Å². The van der Waals surface area contributed by atoms with E-state index in [0.717, 1.165) is 30.4 Å². The van der Waals surface area contributed by atoms with Gasteiger partial charge in [0.1, 0.15) is 23.2 Å². The first-order chi connectivity index (χ1) is 17.3. The first kappa shape index (κ1) is 25.1. The lowest BCUT2D eigenvalue weighted by Gasteiger charge is -2.30. The van der Waals surface area contributed by atoms with E-state index in [-0.39, 0.29) is 23.4 Å². The van der Waals surface area contributed by atoms with Crippen molar-refractivity contribution in [2.75, 3.05) is 17.7 Å². The van der Waals surface area contributed by atoms with E-state index >= 15 is 0 Å². The summed E-state index contributed by atoms with van der Waals surface area (Å²) in [5.41, 5.74) is 3.75. The van der Waals surface area contributed by atoms with Crippen molar-refractivity contribution in [3.8, 4) is 22.6 Å². The third-order valence-corrected chi connectivity index (χ3v) is 6.58. The Kier molecular flexibility index (Phi) is 7.78. The molecule has 0 spiro atoms. The van der Waals surface area contributed by atoms with E-state index < -0.39 is 5.97 Å². The maximum atomic E-state index is 12.9. The summed E-state index contributed by atoms with van der Waals surface area (Å²) in [5, 5.41) is 15.4. The topological polar surface area (TPSA) is 96.9 Å². The Balaban J connectivity index is 1.66. The maximum Gasteiger partial charge on any atom is 0.339 e. The second-order valence-electron chi connectivity index (χ2n) is 9.30. The number of carbonyl (C=O) groups is 2. The van der Waals surface area contributed by atoms with Gasteiger partial charge in [0.15, 0.2) is 0 Å². The van der Waals surface area contributed by atoms with Crippen molar-refractivity contribution in [1.82, 2.24) is 0 Å². The van der Waals surface area contributed by atoms with Gasteiger partial charge in [-0.1, -0.05) is 37.6 Å².